The molecule has 26 heavy (non-hydrogen) atoms. The molecule has 5 rings (SSSR count). The molecule has 2 aromatic rings. The van der Waals surface area contributed by atoms with Crippen LogP contribution in [0.3, 0.4) is 0 Å². The van der Waals surface area contributed by atoms with E-state index in [1.165, 1.54) is 68.6 Å². The van der Waals surface area contributed by atoms with Crippen LogP contribution in [-0.2, 0) is 6.61 Å². The van der Waals surface area contributed by atoms with Gasteiger partial charge in [-0.05, 0) is 62.3 Å². The smallest absolute Gasteiger partial charge is 0.143 e. The van der Waals surface area contributed by atoms with Crippen molar-refractivity contribution < 1.29 is 4.74 Å². The second-order valence-electron chi connectivity index (χ2n) is 7.99. The monoisotopic (exact) mass is 348 g/mol. The third-order valence-electron chi connectivity index (χ3n) is 6.38. The number of anilines is 2. The predicted octanol–water partition coefficient (Wildman–Crippen LogP) is 5.00. The number of benzene rings is 2. The lowest BCUT2D eigenvalue weighted by atomic mass is 10.0. The van der Waals surface area contributed by atoms with Gasteiger partial charge in [0.15, 0.2) is 0 Å². The number of hydrogen-bond donors (Lipinski definition) is 0. The lowest BCUT2D eigenvalue weighted by Gasteiger charge is -2.29. The quantitative estimate of drug-likeness (QED) is 0.756. The molecule has 3 heterocycles. The summed E-state index contributed by atoms with van der Waals surface area (Å²) in [6, 6.07) is 18.8. The van der Waals surface area contributed by atoms with Crippen LogP contribution in [0.4, 0.5) is 11.4 Å². The summed E-state index contributed by atoms with van der Waals surface area (Å²) in [4.78, 5) is 5.21. The van der Waals surface area contributed by atoms with Gasteiger partial charge in [-0.1, -0.05) is 30.3 Å². The molecule has 0 amide bonds. The van der Waals surface area contributed by atoms with Crippen LogP contribution in [0.25, 0.3) is 0 Å². The molecule has 3 nitrogen and oxygen atoms in total. The highest BCUT2D eigenvalue weighted by Gasteiger charge is 2.40. The van der Waals surface area contributed by atoms with Crippen molar-refractivity contribution in [3.8, 4) is 5.75 Å². The lowest BCUT2D eigenvalue weighted by Crippen LogP contribution is -2.29. The first-order chi connectivity index (χ1) is 12.9. The summed E-state index contributed by atoms with van der Waals surface area (Å²) in [6.07, 6.45) is 8.01. The molecule has 0 spiro atoms. The molecule has 136 valence electrons. The van der Waals surface area contributed by atoms with E-state index in [4.69, 9.17) is 4.74 Å². The van der Waals surface area contributed by atoms with Gasteiger partial charge in [0, 0.05) is 30.9 Å². The van der Waals surface area contributed by atoms with Crippen LogP contribution in [0.1, 0.15) is 44.1 Å². The number of nitrogens with zero attached hydrogens (tertiary/aromatic N) is 2. The van der Waals surface area contributed by atoms with Crippen LogP contribution in [0, 0.1) is 0 Å². The zero-order chi connectivity index (χ0) is 17.3. The Morgan fingerprint density at radius 2 is 1.54 bits per heavy atom. The molecule has 3 fully saturated rings. The van der Waals surface area contributed by atoms with Crippen LogP contribution >= 0.6 is 0 Å². The van der Waals surface area contributed by atoms with Crippen molar-refractivity contribution in [2.24, 2.45) is 0 Å². The highest BCUT2D eigenvalue weighted by Crippen LogP contribution is 2.46. The number of hydrogen-bond acceptors (Lipinski definition) is 3. The van der Waals surface area contributed by atoms with Gasteiger partial charge >= 0.3 is 0 Å². The van der Waals surface area contributed by atoms with E-state index in [1.54, 1.807) is 0 Å². The van der Waals surface area contributed by atoms with Gasteiger partial charge in [0.2, 0.25) is 0 Å². The molecule has 0 aliphatic carbocycles. The van der Waals surface area contributed by atoms with Gasteiger partial charge in [0.25, 0.3) is 0 Å². The molecular formula is C23H28N2O. The summed E-state index contributed by atoms with van der Waals surface area (Å²) in [5.74, 6) is 1.05. The summed E-state index contributed by atoms with van der Waals surface area (Å²) in [6.45, 7) is 3.02. The molecule has 0 N–H and O–H groups in total. The van der Waals surface area contributed by atoms with Crippen molar-refractivity contribution in [3.63, 3.8) is 0 Å². The molecule has 3 aliphatic rings. The standard InChI is InChI=1S/C23H28N2O/c1-2-6-18(7-3-1)17-26-23-13-12-21(24-14-4-5-15-24)16-22(23)25-19-8-9-20(25)11-10-19/h1-3,6-7,12-13,16,19-20H,4-5,8-11,14-15,17H2. The van der Waals surface area contributed by atoms with Crippen LogP contribution < -0.4 is 14.5 Å². The summed E-state index contributed by atoms with van der Waals surface area (Å²) in [7, 11) is 0. The Hall–Kier alpha value is -2.16. The van der Waals surface area contributed by atoms with E-state index in [0.29, 0.717) is 18.7 Å². The molecular weight excluding hydrogens is 320 g/mol. The van der Waals surface area contributed by atoms with E-state index in [1.807, 2.05) is 0 Å². The van der Waals surface area contributed by atoms with Crippen LogP contribution in [0.2, 0.25) is 0 Å². The van der Waals surface area contributed by atoms with Crippen LogP contribution in [0.15, 0.2) is 48.5 Å². The minimum absolute atomic E-state index is 0.639. The fraction of sp³-hybridized carbons (Fsp3) is 0.478. The van der Waals surface area contributed by atoms with Gasteiger partial charge in [0.1, 0.15) is 12.4 Å². The summed E-state index contributed by atoms with van der Waals surface area (Å²) >= 11 is 0. The average Bonchev–Trinajstić information content (AvgIpc) is 3.44. The molecule has 3 aliphatic heterocycles. The van der Waals surface area contributed by atoms with Gasteiger partial charge in [-0.3, -0.25) is 0 Å². The fourth-order valence-electron chi connectivity index (χ4n) is 5.04. The van der Waals surface area contributed by atoms with Crippen molar-refractivity contribution in [2.75, 3.05) is 22.9 Å². The molecule has 0 aromatic heterocycles. The van der Waals surface area contributed by atoms with Gasteiger partial charge in [-0.15, -0.1) is 0 Å². The molecule has 3 saturated heterocycles. The van der Waals surface area contributed by atoms with Gasteiger partial charge in [-0.25, -0.2) is 0 Å². The third-order valence-corrected chi connectivity index (χ3v) is 6.38. The second-order valence-corrected chi connectivity index (χ2v) is 7.99. The number of fused-ring (bicyclic) bond motifs is 2. The van der Waals surface area contributed by atoms with Crippen molar-refractivity contribution in [1.29, 1.82) is 0 Å². The normalized spacial score (nSPS) is 24.5. The minimum Gasteiger partial charge on any atom is -0.487 e. The molecule has 0 unspecified atom stereocenters. The number of ether oxygens (including phenoxy) is 1. The van der Waals surface area contributed by atoms with Crippen LogP contribution in [0.5, 0.6) is 5.75 Å². The lowest BCUT2D eigenvalue weighted by molar-refractivity contribution is 0.306. The van der Waals surface area contributed by atoms with E-state index >= 15 is 0 Å². The minimum atomic E-state index is 0.639. The maximum absolute atomic E-state index is 6.32. The highest BCUT2D eigenvalue weighted by molar-refractivity contribution is 5.69. The Kier molecular flexibility index (Phi) is 4.24. The molecule has 3 heteroatoms. The SMILES string of the molecule is c1ccc(COc2ccc(N3CCCC3)cc2N2C3CCC2CC3)cc1. The van der Waals surface area contributed by atoms with Crippen LogP contribution in [-0.4, -0.2) is 25.2 Å². The average molecular weight is 348 g/mol. The van der Waals surface area contributed by atoms with Crippen molar-refractivity contribution in [2.45, 2.75) is 57.2 Å². The van der Waals surface area contributed by atoms with Crippen molar-refractivity contribution >= 4 is 11.4 Å². The number of rotatable bonds is 5. The van der Waals surface area contributed by atoms with E-state index in [9.17, 15) is 0 Å². The third kappa shape index (κ3) is 2.94. The van der Waals surface area contributed by atoms with Crippen molar-refractivity contribution in [1.82, 2.24) is 0 Å². The topological polar surface area (TPSA) is 15.7 Å². The summed E-state index contributed by atoms with van der Waals surface area (Å²) in [5.41, 5.74) is 3.93. The fourth-order valence-corrected chi connectivity index (χ4v) is 5.04. The maximum atomic E-state index is 6.32. The maximum Gasteiger partial charge on any atom is 0.143 e. The molecule has 2 bridgehead atoms. The molecule has 0 atom stereocenters. The van der Waals surface area contributed by atoms with E-state index in [-0.39, 0.29) is 0 Å². The highest BCUT2D eigenvalue weighted by atomic mass is 16.5. The summed E-state index contributed by atoms with van der Waals surface area (Å²) in [5, 5.41) is 0. The van der Waals surface area contributed by atoms with E-state index in [0.717, 1.165) is 5.75 Å². The van der Waals surface area contributed by atoms with Gasteiger partial charge in [0.05, 0.1) is 5.69 Å². The van der Waals surface area contributed by atoms with Gasteiger partial charge in [-0.2, -0.15) is 0 Å². The molecule has 0 radical (unpaired) electrons. The zero-order valence-corrected chi connectivity index (χ0v) is 15.4. The Labute approximate surface area is 156 Å². The first kappa shape index (κ1) is 16.0. The van der Waals surface area contributed by atoms with E-state index in [2.05, 4.69) is 58.3 Å². The Balaban J connectivity index is 1.45. The van der Waals surface area contributed by atoms with Gasteiger partial charge < -0.3 is 14.5 Å². The predicted molar refractivity (Wildman–Crippen MR) is 107 cm³/mol. The second kappa shape index (κ2) is 6.86. The molecule has 2 aromatic carbocycles. The Morgan fingerprint density at radius 3 is 2.23 bits per heavy atom. The largest absolute Gasteiger partial charge is 0.487 e. The zero-order valence-electron chi connectivity index (χ0n) is 15.4. The molecule has 0 saturated carbocycles. The first-order valence-corrected chi connectivity index (χ1v) is 10.2. The van der Waals surface area contributed by atoms with Crippen molar-refractivity contribution in [3.05, 3.63) is 54.1 Å². The first-order valence-electron chi connectivity index (χ1n) is 10.2. The Morgan fingerprint density at radius 1 is 0.846 bits per heavy atom. The van der Waals surface area contributed by atoms with E-state index < -0.39 is 0 Å². The summed E-state index contributed by atoms with van der Waals surface area (Å²) < 4.78 is 6.32. The Bertz CT molecular complexity index is 734.